The Morgan fingerprint density at radius 2 is 1.97 bits per heavy atom. The highest BCUT2D eigenvalue weighted by molar-refractivity contribution is 7.91. The lowest BCUT2D eigenvalue weighted by Gasteiger charge is -2.28. The van der Waals surface area contributed by atoms with Gasteiger partial charge in [-0.25, -0.2) is 8.42 Å². The monoisotopic (exact) mass is 473 g/mol. The molecule has 0 radical (unpaired) electrons. The van der Waals surface area contributed by atoms with Crippen molar-refractivity contribution in [2.45, 2.75) is 25.9 Å². The van der Waals surface area contributed by atoms with E-state index < -0.39 is 15.9 Å². The first-order chi connectivity index (χ1) is 15.4. The Morgan fingerprint density at radius 3 is 2.69 bits per heavy atom. The molecule has 6 nitrogen and oxygen atoms in total. The Morgan fingerprint density at radius 1 is 1.16 bits per heavy atom. The zero-order valence-corrected chi connectivity index (χ0v) is 19.2. The predicted molar refractivity (Wildman–Crippen MR) is 124 cm³/mol. The summed E-state index contributed by atoms with van der Waals surface area (Å²) in [6.07, 6.45) is 0.396. The molecule has 0 bridgehead atoms. The Balaban J connectivity index is 1.65. The molecule has 2 aromatic carbocycles. The first-order valence-corrected chi connectivity index (χ1v) is 12.6. The summed E-state index contributed by atoms with van der Waals surface area (Å²) in [5, 5.41) is 0.598. The zero-order chi connectivity index (χ0) is 22.7. The summed E-state index contributed by atoms with van der Waals surface area (Å²) >= 11 is 6.09. The van der Waals surface area contributed by atoms with E-state index in [0.717, 1.165) is 5.56 Å². The summed E-state index contributed by atoms with van der Waals surface area (Å²) in [7, 11) is -3.18. The molecule has 3 aromatic rings. The van der Waals surface area contributed by atoms with Gasteiger partial charge < -0.3 is 14.1 Å². The van der Waals surface area contributed by atoms with Crippen LogP contribution in [0.5, 0.6) is 5.75 Å². The molecule has 168 valence electrons. The van der Waals surface area contributed by atoms with Crippen LogP contribution in [0.2, 0.25) is 5.02 Å². The van der Waals surface area contributed by atoms with Crippen molar-refractivity contribution < 1.29 is 22.4 Å². The molecule has 1 aromatic heterocycles. The highest BCUT2D eigenvalue weighted by Crippen LogP contribution is 2.29. The average molecular weight is 474 g/mol. The first-order valence-electron chi connectivity index (χ1n) is 10.4. The number of furan rings is 1. The zero-order valence-electron chi connectivity index (χ0n) is 17.7. The average Bonchev–Trinajstić information content (AvgIpc) is 3.38. The number of nitrogens with zero attached hydrogens (tertiary/aromatic N) is 1. The van der Waals surface area contributed by atoms with E-state index in [9.17, 15) is 13.2 Å². The van der Waals surface area contributed by atoms with Crippen molar-refractivity contribution in [3.63, 3.8) is 0 Å². The number of para-hydroxylation sites is 1. The summed E-state index contributed by atoms with van der Waals surface area (Å²) in [5.41, 5.74) is 1.23. The van der Waals surface area contributed by atoms with Gasteiger partial charge in [-0.3, -0.25) is 4.79 Å². The number of amides is 1. The molecule has 0 N–H and O–H groups in total. The van der Waals surface area contributed by atoms with E-state index in [1.165, 1.54) is 0 Å². The molecule has 0 spiro atoms. The molecule has 8 heteroatoms. The molecule has 1 saturated heterocycles. The SMILES string of the molecule is CCOc1ccccc1C(=O)N(Cc1ccc(-c2cccc(Cl)c2)o1)C1CCS(=O)(=O)C1. The molecule has 1 atom stereocenters. The van der Waals surface area contributed by atoms with Crippen LogP contribution in [0.1, 0.15) is 29.5 Å². The van der Waals surface area contributed by atoms with Crippen LogP contribution in [0.25, 0.3) is 11.3 Å². The van der Waals surface area contributed by atoms with E-state index in [1.807, 2.05) is 25.1 Å². The lowest BCUT2D eigenvalue weighted by atomic mass is 10.1. The molecular formula is C24H24ClNO5S. The number of hydrogen-bond acceptors (Lipinski definition) is 5. The fourth-order valence-corrected chi connectivity index (χ4v) is 5.82. The van der Waals surface area contributed by atoms with Crippen LogP contribution < -0.4 is 4.74 Å². The minimum atomic E-state index is -3.18. The molecule has 1 aliphatic heterocycles. The molecule has 1 amide bonds. The Hall–Kier alpha value is -2.77. The van der Waals surface area contributed by atoms with Gasteiger partial charge in [0.1, 0.15) is 17.3 Å². The quantitative estimate of drug-likeness (QED) is 0.491. The van der Waals surface area contributed by atoms with Crippen LogP contribution in [0.3, 0.4) is 0 Å². The van der Waals surface area contributed by atoms with Crippen molar-refractivity contribution in [2.24, 2.45) is 0 Å². The maximum absolute atomic E-state index is 13.6. The number of hydrogen-bond donors (Lipinski definition) is 0. The van der Waals surface area contributed by atoms with E-state index in [0.29, 0.717) is 40.9 Å². The van der Waals surface area contributed by atoms with Gasteiger partial charge in [0.15, 0.2) is 9.84 Å². The van der Waals surface area contributed by atoms with Crippen LogP contribution in [0.4, 0.5) is 0 Å². The van der Waals surface area contributed by atoms with Crippen LogP contribution >= 0.6 is 11.6 Å². The molecule has 2 heterocycles. The van der Waals surface area contributed by atoms with Gasteiger partial charge in [0.25, 0.3) is 5.91 Å². The maximum atomic E-state index is 13.6. The highest BCUT2D eigenvalue weighted by atomic mass is 35.5. The third-order valence-corrected chi connectivity index (χ3v) is 7.41. The van der Waals surface area contributed by atoms with Gasteiger partial charge in [-0.2, -0.15) is 0 Å². The van der Waals surface area contributed by atoms with Gasteiger partial charge in [-0.05, 0) is 49.7 Å². The standard InChI is InChI=1S/C24H24ClNO5S/c1-2-30-23-9-4-3-8-21(23)24(27)26(19-12-13-32(28,29)16-19)15-20-10-11-22(31-20)17-6-5-7-18(25)14-17/h3-11,14,19H,2,12-13,15-16H2,1H3. The predicted octanol–water partition coefficient (Wildman–Crippen LogP) is 4.83. The Kier molecular flexibility index (Phi) is 6.58. The normalized spacial score (nSPS) is 17.2. The fraction of sp³-hybridized carbons (Fsp3) is 0.292. The lowest BCUT2D eigenvalue weighted by molar-refractivity contribution is 0.0662. The van der Waals surface area contributed by atoms with Gasteiger partial charge in [-0.1, -0.05) is 35.9 Å². The van der Waals surface area contributed by atoms with Crippen molar-refractivity contribution >= 4 is 27.3 Å². The Labute approximate surface area is 192 Å². The van der Waals surface area contributed by atoms with Gasteiger partial charge in [-0.15, -0.1) is 0 Å². The molecular weight excluding hydrogens is 450 g/mol. The third-order valence-electron chi connectivity index (χ3n) is 5.42. The molecule has 0 aliphatic carbocycles. The van der Waals surface area contributed by atoms with E-state index in [4.69, 9.17) is 20.8 Å². The minimum Gasteiger partial charge on any atom is -0.493 e. The number of benzene rings is 2. The van der Waals surface area contributed by atoms with E-state index >= 15 is 0 Å². The van der Waals surface area contributed by atoms with Crippen molar-refractivity contribution in [3.8, 4) is 17.1 Å². The molecule has 32 heavy (non-hydrogen) atoms. The topological polar surface area (TPSA) is 76.8 Å². The number of carbonyl (C=O) groups excluding carboxylic acids is 1. The summed E-state index contributed by atoms with van der Waals surface area (Å²) < 4.78 is 35.9. The fourth-order valence-electron chi connectivity index (χ4n) is 3.90. The molecule has 0 saturated carbocycles. The van der Waals surface area contributed by atoms with Gasteiger partial charge in [0, 0.05) is 16.6 Å². The van der Waals surface area contributed by atoms with Gasteiger partial charge in [0.2, 0.25) is 0 Å². The van der Waals surface area contributed by atoms with Crippen molar-refractivity contribution in [1.29, 1.82) is 0 Å². The summed E-state index contributed by atoms with van der Waals surface area (Å²) in [6, 6.07) is 17.5. The van der Waals surface area contributed by atoms with Gasteiger partial charge in [0.05, 0.1) is 30.2 Å². The molecule has 1 aliphatic rings. The lowest BCUT2D eigenvalue weighted by Crippen LogP contribution is -2.40. The van der Waals surface area contributed by atoms with Crippen molar-refractivity contribution in [3.05, 3.63) is 77.0 Å². The van der Waals surface area contributed by atoms with Crippen molar-refractivity contribution in [1.82, 2.24) is 4.90 Å². The second-order valence-electron chi connectivity index (χ2n) is 7.70. The number of ether oxygens (including phenoxy) is 1. The van der Waals surface area contributed by atoms with Crippen LogP contribution in [0, 0.1) is 0 Å². The number of carbonyl (C=O) groups is 1. The smallest absolute Gasteiger partial charge is 0.258 e. The molecule has 1 unspecified atom stereocenters. The maximum Gasteiger partial charge on any atom is 0.258 e. The van der Waals surface area contributed by atoms with E-state index in [2.05, 4.69) is 0 Å². The van der Waals surface area contributed by atoms with E-state index in [1.54, 1.807) is 47.4 Å². The highest BCUT2D eigenvalue weighted by Gasteiger charge is 2.36. The molecule has 1 fully saturated rings. The van der Waals surface area contributed by atoms with Gasteiger partial charge >= 0.3 is 0 Å². The Bertz CT molecular complexity index is 1220. The second kappa shape index (κ2) is 9.38. The first kappa shape index (κ1) is 22.4. The number of halogens is 1. The van der Waals surface area contributed by atoms with Crippen molar-refractivity contribution in [2.75, 3.05) is 18.1 Å². The second-order valence-corrected chi connectivity index (χ2v) is 10.4. The van der Waals surface area contributed by atoms with Crippen LogP contribution in [0.15, 0.2) is 65.1 Å². The van der Waals surface area contributed by atoms with Crippen LogP contribution in [-0.2, 0) is 16.4 Å². The molecule has 4 rings (SSSR count). The summed E-state index contributed by atoms with van der Waals surface area (Å²) in [6.45, 7) is 2.42. The van der Waals surface area contributed by atoms with Crippen LogP contribution in [-0.4, -0.2) is 43.4 Å². The summed E-state index contributed by atoms with van der Waals surface area (Å²) in [4.78, 5) is 15.1. The third kappa shape index (κ3) is 5.00. The van der Waals surface area contributed by atoms with E-state index in [-0.39, 0.29) is 24.0 Å². The number of sulfone groups is 1. The minimum absolute atomic E-state index is 0.0581. The summed E-state index contributed by atoms with van der Waals surface area (Å²) in [5.74, 6) is 1.40. The largest absolute Gasteiger partial charge is 0.493 e. The number of rotatable bonds is 7.